The summed E-state index contributed by atoms with van der Waals surface area (Å²) < 4.78 is 5.21. The molecule has 0 aliphatic heterocycles. The van der Waals surface area contributed by atoms with Crippen LogP contribution >= 0.6 is 24.4 Å². The number of ketones is 1. The number of hydrogen-bond acceptors (Lipinski definition) is 4. The van der Waals surface area contributed by atoms with Crippen molar-refractivity contribution in [2.24, 2.45) is 11.1 Å². The largest absolute Gasteiger partial charge is 0.487 e. The Morgan fingerprint density at radius 1 is 1.33 bits per heavy atom. The Bertz CT molecular complexity index is 295. The van der Waals surface area contributed by atoms with Gasteiger partial charge in [0.2, 0.25) is 0 Å². The highest BCUT2D eigenvalue weighted by molar-refractivity contribution is 7.80. The average Bonchev–Trinajstić information content (AvgIpc) is 2.14. The topological polar surface area (TPSA) is 75.8 Å². The lowest BCUT2D eigenvalue weighted by atomic mass is 9.89. The average molecular weight is 294 g/mol. The third kappa shape index (κ3) is 13.1. The van der Waals surface area contributed by atoms with E-state index in [2.05, 4.69) is 18.0 Å². The first kappa shape index (κ1) is 19.4. The van der Waals surface area contributed by atoms with E-state index in [1.54, 1.807) is 4.90 Å². The van der Waals surface area contributed by atoms with Crippen LogP contribution in [0.4, 0.5) is 0 Å². The zero-order chi connectivity index (χ0) is 14.9. The quantitative estimate of drug-likeness (QED) is 0.766. The Morgan fingerprint density at radius 3 is 2.00 bits per heavy atom. The van der Waals surface area contributed by atoms with Gasteiger partial charge in [0, 0.05) is 25.9 Å². The van der Waals surface area contributed by atoms with Crippen molar-refractivity contribution in [2.75, 3.05) is 20.7 Å². The molecule has 0 aromatic carbocycles. The Balaban J connectivity index is 0. The van der Waals surface area contributed by atoms with Gasteiger partial charge in [-0.25, -0.2) is 0 Å². The monoisotopic (exact) mass is 294 g/mol. The van der Waals surface area contributed by atoms with Gasteiger partial charge >= 0.3 is 0 Å². The smallest absolute Gasteiger partial charge is 0.258 e. The van der Waals surface area contributed by atoms with Gasteiger partial charge in [-0.2, -0.15) is 0 Å². The molecule has 0 rings (SSSR count). The molecule has 5 nitrogen and oxygen atoms in total. The maximum atomic E-state index is 11.5. The van der Waals surface area contributed by atoms with Crippen LogP contribution in [0.1, 0.15) is 27.2 Å². The van der Waals surface area contributed by atoms with E-state index in [4.69, 9.17) is 22.1 Å². The van der Waals surface area contributed by atoms with Crippen molar-refractivity contribution in [1.82, 2.24) is 4.90 Å². The van der Waals surface area contributed by atoms with E-state index in [-0.39, 0.29) is 11.2 Å². The summed E-state index contributed by atoms with van der Waals surface area (Å²) in [7, 11) is 3.63. The summed E-state index contributed by atoms with van der Waals surface area (Å²) in [6, 6.07) is 0. The molecule has 0 saturated heterocycles. The number of nitrogens with zero attached hydrogens (tertiary/aromatic N) is 1. The number of ether oxygens (including phenoxy) is 1. The fourth-order valence-corrected chi connectivity index (χ4v) is 0.818. The molecule has 0 unspecified atom stereocenters. The number of nitrogens with two attached hydrogens (primary N) is 1. The van der Waals surface area contributed by atoms with Crippen molar-refractivity contribution in [1.29, 1.82) is 0 Å². The van der Waals surface area contributed by atoms with Crippen LogP contribution in [-0.4, -0.2) is 46.8 Å². The van der Waals surface area contributed by atoms with Gasteiger partial charge in [-0.05, 0) is 24.4 Å². The van der Waals surface area contributed by atoms with Crippen LogP contribution in [0.2, 0.25) is 0 Å². The minimum absolute atomic E-state index is 0.194. The maximum Gasteiger partial charge on any atom is 0.258 e. The molecule has 0 aliphatic carbocycles. The number of carbonyl (C=O) groups is 1. The molecule has 0 amide bonds. The van der Waals surface area contributed by atoms with E-state index < -0.39 is 5.17 Å². The second kappa shape index (κ2) is 9.04. The van der Waals surface area contributed by atoms with Crippen LogP contribution in [0.3, 0.4) is 0 Å². The van der Waals surface area contributed by atoms with E-state index >= 15 is 0 Å². The second-order valence-corrected chi connectivity index (χ2v) is 5.54. The lowest BCUT2D eigenvalue weighted by molar-refractivity contribution is -0.126. The Hall–Kier alpha value is -0.950. The Kier molecular flexibility index (Phi) is 9.74. The van der Waals surface area contributed by atoms with Gasteiger partial charge in [-0.15, -0.1) is 0 Å². The van der Waals surface area contributed by atoms with Crippen LogP contribution in [0.5, 0.6) is 0 Å². The number of rotatable bonds is 3. The summed E-state index contributed by atoms with van der Waals surface area (Å²) in [5.41, 5.74) is 4.11. The highest BCUT2D eigenvalue weighted by Crippen LogP contribution is 2.16. The molecule has 0 radical (unpaired) electrons. The predicted molar refractivity (Wildman–Crippen MR) is 80.7 cm³/mol. The summed E-state index contributed by atoms with van der Waals surface area (Å²) in [6.07, 6.45) is 0.414. The fourth-order valence-electron chi connectivity index (χ4n) is 0.735. The van der Waals surface area contributed by atoms with Gasteiger partial charge in [-0.1, -0.05) is 20.8 Å². The van der Waals surface area contributed by atoms with Crippen molar-refractivity contribution in [2.45, 2.75) is 27.2 Å². The third-order valence-electron chi connectivity index (χ3n) is 1.76. The van der Waals surface area contributed by atoms with Gasteiger partial charge in [-0.3, -0.25) is 4.79 Å². The van der Waals surface area contributed by atoms with Gasteiger partial charge in [0.15, 0.2) is 0 Å². The summed E-state index contributed by atoms with van der Waals surface area (Å²) in [6.45, 7) is 6.08. The number of hydrogen-bond donors (Lipinski definition) is 2. The van der Waals surface area contributed by atoms with E-state index in [9.17, 15) is 4.79 Å². The summed E-state index contributed by atoms with van der Waals surface area (Å²) >= 11 is 8.79. The zero-order valence-corrected chi connectivity index (χ0v) is 13.2. The molecule has 0 saturated carbocycles. The van der Waals surface area contributed by atoms with Crippen molar-refractivity contribution in [3.63, 3.8) is 0 Å². The number of aliphatic hydroxyl groups excluding tert-OH is 1. The number of thiocarbonyl (C=S) groups is 2. The fraction of sp³-hybridized carbons (Fsp3) is 0.727. The molecule has 0 atom stereocenters. The van der Waals surface area contributed by atoms with Crippen LogP contribution in [0, 0.1) is 5.41 Å². The predicted octanol–water partition coefficient (Wildman–Crippen LogP) is 1.64. The third-order valence-corrected chi connectivity index (χ3v) is 2.24. The van der Waals surface area contributed by atoms with Crippen LogP contribution < -0.4 is 5.73 Å². The summed E-state index contributed by atoms with van der Waals surface area (Å²) in [5.74, 6) is 0.194. The van der Waals surface area contributed by atoms with Gasteiger partial charge in [0.05, 0.1) is 6.61 Å². The zero-order valence-electron chi connectivity index (χ0n) is 11.5. The molecule has 0 fully saturated rings. The van der Waals surface area contributed by atoms with Crippen LogP contribution in [0.25, 0.3) is 0 Å². The standard InChI is InChI=1S/C10H19NO2S.CH3NOS/c1-10(2,3)8(12)6-7-13-9(14)11(4)5;2-1(3)4/h6-7H2,1-5H3;(H3,2,3,4). The van der Waals surface area contributed by atoms with Crippen LogP contribution in [-0.2, 0) is 9.53 Å². The molecule has 0 aromatic heterocycles. The highest BCUT2D eigenvalue weighted by atomic mass is 32.1. The van der Waals surface area contributed by atoms with E-state index in [0.717, 1.165) is 0 Å². The second-order valence-electron chi connectivity index (χ2n) is 4.77. The first-order valence-corrected chi connectivity index (χ1v) is 6.16. The highest BCUT2D eigenvalue weighted by Gasteiger charge is 2.20. The molecule has 0 aromatic rings. The first-order valence-electron chi connectivity index (χ1n) is 5.34. The number of Topliss-reactive ketones (excluding diaryl/α,β-unsaturated/α-hetero) is 1. The van der Waals surface area contributed by atoms with Gasteiger partial charge in [0.1, 0.15) is 5.78 Å². The first-order chi connectivity index (χ1) is 7.98. The van der Waals surface area contributed by atoms with Crippen molar-refractivity contribution >= 4 is 40.6 Å². The lowest BCUT2D eigenvalue weighted by Crippen LogP contribution is -2.26. The van der Waals surface area contributed by atoms with E-state index in [1.165, 1.54) is 0 Å². The maximum absolute atomic E-state index is 11.5. The lowest BCUT2D eigenvalue weighted by Gasteiger charge is -2.18. The van der Waals surface area contributed by atoms with Gasteiger partial charge in [0.25, 0.3) is 10.3 Å². The Labute approximate surface area is 119 Å². The molecule has 0 spiro atoms. The molecular weight excluding hydrogens is 272 g/mol. The molecule has 3 N–H and O–H groups in total. The van der Waals surface area contributed by atoms with Gasteiger partial charge < -0.3 is 20.5 Å². The van der Waals surface area contributed by atoms with Crippen LogP contribution in [0.15, 0.2) is 0 Å². The summed E-state index contributed by atoms with van der Waals surface area (Å²) in [5, 5.41) is 7.49. The molecule has 7 heteroatoms. The minimum atomic E-state index is -0.500. The molecule has 106 valence electrons. The minimum Gasteiger partial charge on any atom is -0.487 e. The normalized spacial score (nSPS) is 9.83. The Morgan fingerprint density at radius 2 is 1.72 bits per heavy atom. The molecule has 18 heavy (non-hydrogen) atoms. The summed E-state index contributed by atoms with van der Waals surface area (Å²) in [4.78, 5) is 13.2. The molecule has 0 aliphatic rings. The number of aliphatic hydroxyl groups is 1. The molecule has 0 heterocycles. The molecule has 0 bridgehead atoms. The molecular formula is C11H22N2O3S2. The van der Waals surface area contributed by atoms with E-state index in [0.29, 0.717) is 18.2 Å². The van der Waals surface area contributed by atoms with Crippen molar-refractivity contribution in [3.05, 3.63) is 0 Å². The van der Waals surface area contributed by atoms with E-state index in [1.807, 2.05) is 34.9 Å². The SMILES string of the molecule is CN(C)C(=S)OCCC(=O)C(C)(C)C.NC(O)=S. The van der Waals surface area contributed by atoms with Crippen molar-refractivity contribution < 1.29 is 14.6 Å². The number of carbonyl (C=O) groups excluding carboxylic acids is 1. The van der Waals surface area contributed by atoms with Crippen molar-refractivity contribution in [3.8, 4) is 0 Å².